The molecule has 1 aromatic rings. The molecule has 8 nitrogen and oxygen atoms in total. The number of anilines is 1. The molecule has 0 unspecified atom stereocenters. The Balaban J connectivity index is 2.93. The van der Waals surface area contributed by atoms with Gasteiger partial charge < -0.3 is 20.1 Å². The van der Waals surface area contributed by atoms with E-state index in [1.807, 2.05) is 0 Å². The molecular formula is C18H24ClFN4O4. The highest BCUT2D eigenvalue weighted by Crippen LogP contribution is 2.27. The molecule has 0 saturated carbocycles. The average molecular weight is 415 g/mol. The highest BCUT2D eigenvalue weighted by atomic mass is 35.5. The topological polar surface area (TPSA) is 113 Å². The number of pyridine rings is 1. The molecule has 0 bridgehead atoms. The van der Waals surface area contributed by atoms with Crippen LogP contribution in [-0.2, 0) is 9.47 Å². The second kappa shape index (κ2) is 9.06. The first kappa shape index (κ1) is 23.4. The molecule has 0 radical (unpaired) electrons. The largest absolute Gasteiger partial charge is 0.456 e. The van der Waals surface area contributed by atoms with Crippen molar-refractivity contribution in [2.45, 2.75) is 52.7 Å². The molecule has 28 heavy (non-hydrogen) atoms. The molecule has 0 spiro atoms. The summed E-state index contributed by atoms with van der Waals surface area (Å²) < 4.78 is 24.9. The minimum Gasteiger partial charge on any atom is -0.456 e. The lowest BCUT2D eigenvalue weighted by Crippen LogP contribution is -2.41. The summed E-state index contributed by atoms with van der Waals surface area (Å²) in [4.78, 5) is 27.6. The maximum Gasteiger partial charge on any atom is 0.407 e. The van der Waals surface area contributed by atoms with Crippen LogP contribution in [0.15, 0.2) is 0 Å². The van der Waals surface area contributed by atoms with E-state index in [4.69, 9.17) is 21.1 Å². The van der Waals surface area contributed by atoms with E-state index in [0.29, 0.717) is 0 Å². The SMILES string of the molecule is CC(C)(C)NC(=O)OCCNc1nc(Cl)c(C#N)c(C(=O)OC(C)(C)C)c1F. The molecule has 0 atom stereocenters. The van der Waals surface area contributed by atoms with Crippen molar-refractivity contribution in [3.05, 3.63) is 22.1 Å². The summed E-state index contributed by atoms with van der Waals surface area (Å²) in [7, 11) is 0. The van der Waals surface area contributed by atoms with E-state index in [9.17, 15) is 19.2 Å². The molecule has 2 N–H and O–H groups in total. The highest BCUT2D eigenvalue weighted by molar-refractivity contribution is 6.31. The van der Waals surface area contributed by atoms with Crippen molar-refractivity contribution in [1.82, 2.24) is 10.3 Å². The Bertz CT molecular complexity index is 795. The van der Waals surface area contributed by atoms with Gasteiger partial charge in [-0.05, 0) is 41.5 Å². The molecule has 0 aliphatic carbocycles. The number of nitrogens with zero attached hydrogens (tertiary/aromatic N) is 2. The minimum absolute atomic E-state index is 0.00251. The Labute approximate surface area is 168 Å². The summed E-state index contributed by atoms with van der Waals surface area (Å²) in [5.41, 5.74) is -2.37. The zero-order valence-corrected chi connectivity index (χ0v) is 17.5. The van der Waals surface area contributed by atoms with Crippen LogP contribution in [0.3, 0.4) is 0 Å². The molecule has 154 valence electrons. The fourth-order valence-electron chi connectivity index (χ4n) is 1.93. The van der Waals surface area contributed by atoms with Gasteiger partial charge in [0, 0.05) is 5.54 Å². The molecule has 1 amide bonds. The third-order valence-corrected chi connectivity index (χ3v) is 3.19. The van der Waals surface area contributed by atoms with Crippen LogP contribution in [-0.4, -0.2) is 41.3 Å². The summed E-state index contributed by atoms with van der Waals surface area (Å²) in [5.74, 6) is -2.46. The average Bonchev–Trinajstić information content (AvgIpc) is 2.50. The smallest absolute Gasteiger partial charge is 0.407 e. The van der Waals surface area contributed by atoms with E-state index in [2.05, 4.69) is 15.6 Å². The fourth-order valence-corrected chi connectivity index (χ4v) is 2.15. The molecule has 10 heteroatoms. The van der Waals surface area contributed by atoms with Crippen molar-refractivity contribution in [1.29, 1.82) is 5.26 Å². The first-order valence-electron chi connectivity index (χ1n) is 8.46. The number of hydrogen-bond donors (Lipinski definition) is 2. The summed E-state index contributed by atoms with van der Waals surface area (Å²) in [6.07, 6.45) is -0.630. The molecule has 0 fully saturated rings. The predicted molar refractivity (Wildman–Crippen MR) is 102 cm³/mol. The molecule has 0 aromatic carbocycles. The number of hydrogen-bond acceptors (Lipinski definition) is 7. The Morgan fingerprint density at radius 3 is 2.36 bits per heavy atom. The first-order valence-corrected chi connectivity index (χ1v) is 8.84. The number of carbonyl (C=O) groups excluding carboxylic acids is 2. The number of nitriles is 1. The third-order valence-electron chi connectivity index (χ3n) is 2.91. The van der Waals surface area contributed by atoms with E-state index in [1.165, 1.54) is 0 Å². The van der Waals surface area contributed by atoms with Gasteiger partial charge in [0.1, 0.15) is 34.6 Å². The monoisotopic (exact) mass is 414 g/mol. The molecular weight excluding hydrogens is 391 g/mol. The van der Waals surface area contributed by atoms with Crippen LogP contribution in [0.2, 0.25) is 5.15 Å². The summed E-state index contributed by atoms with van der Waals surface area (Å²) >= 11 is 5.91. The van der Waals surface area contributed by atoms with Crippen LogP contribution in [0.4, 0.5) is 15.0 Å². The van der Waals surface area contributed by atoms with Crippen LogP contribution in [0.1, 0.15) is 57.5 Å². The van der Waals surface area contributed by atoms with Gasteiger partial charge in [0.15, 0.2) is 11.6 Å². The molecule has 0 aliphatic rings. The lowest BCUT2D eigenvalue weighted by atomic mass is 10.1. The van der Waals surface area contributed by atoms with Gasteiger partial charge >= 0.3 is 12.1 Å². The number of alkyl carbamates (subject to hydrolysis) is 1. The van der Waals surface area contributed by atoms with Crippen molar-refractivity contribution in [3.63, 3.8) is 0 Å². The number of amides is 1. The first-order chi connectivity index (χ1) is 12.7. The van der Waals surface area contributed by atoms with Crippen molar-refractivity contribution < 1.29 is 23.5 Å². The van der Waals surface area contributed by atoms with Gasteiger partial charge in [-0.2, -0.15) is 5.26 Å². The second-order valence-electron chi connectivity index (χ2n) is 7.87. The van der Waals surface area contributed by atoms with E-state index in [1.54, 1.807) is 47.6 Å². The molecule has 0 aliphatic heterocycles. The van der Waals surface area contributed by atoms with Crippen molar-refractivity contribution in [2.75, 3.05) is 18.5 Å². The van der Waals surface area contributed by atoms with Crippen LogP contribution >= 0.6 is 11.6 Å². The number of esters is 1. The van der Waals surface area contributed by atoms with Gasteiger partial charge in [-0.15, -0.1) is 0 Å². The van der Waals surface area contributed by atoms with Gasteiger partial charge in [0.2, 0.25) is 0 Å². The van der Waals surface area contributed by atoms with E-state index in [0.717, 1.165) is 0 Å². The van der Waals surface area contributed by atoms with Crippen LogP contribution in [0.25, 0.3) is 0 Å². The Morgan fingerprint density at radius 2 is 1.86 bits per heavy atom. The summed E-state index contributed by atoms with van der Waals surface area (Å²) in [6.45, 7) is 10.1. The maximum absolute atomic E-state index is 14.8. The molecule has 1 aromatic heterocycles. The zero-order valence-electron chi connectivity index (χ0n) is 16.7. The Kier molecular flexibility index (Phi) is 7.58. The van der Waals surface area contributed by atoms with Gasteiger partial charge in [0.25, 0.3) is 0 Å². The van der Waals surface area contributed by atoms with E-state index >= 15 is 0 Å². The van der Waals surface area contributed by atoms with Crippen LogP contribution in [0.5, 0.6) is 0 Å². The Hall–Kier alpha value is -2.60. The Morgan fingerprint density at radius 1 is 1.25 bits per heavy atom. The number of aromatic nitrogens is 1. The van der Waals surface area contributed by atoms with Crippen LogP contribution in [0, 0.1) is 17.1 Å². The third kappa shape index (κ3) is 7.19. The normalized spacial score (nSPS) is 11.4. The quantitative estimate of drug-likeness (QED) is 0.429. The van der Waals surface area contributed by atoms with Gasteiger partial charge in [-0.25, -0.2) is 19.0 Å². The molecule has 1 heterocycles. The maximum atomic E-state index is 14.8. The van der Waals surface area contributed by atoms with Crippen LogP contribution < -0.4 is 10.6 Å². The van der Waals surface area contributed by atoms with Crippen molar-refractivity contribution in [2.24, 2.45) is 0 Å². The number of rotatable bonds is 5. The fraction of sp³-hybridized carbons (Fsp3) is 0.556. The number of carbonyl (C=O) groups is 2. The van der Waals surface area contributed by atoms with Gasteiger partial charge in [-0.1, -0.05) is 11.6 Å². The second-order valence-corrected chi connectivity index (χ2v) is 8.22. The number of ether oxygens (including phenoxy) is 2. The lowest BCUT2D eigenvalue weighted by Gasteiger charge is -2.21. The number of halogens is 2. The van der Waals surface area contributed by atoms with E-state index in [-0.39, 0.29) is 24.1 Å². The van der Waals surface area contributed by atoms with Gasteiger partial charge in [-0.3, -0.25) is 0 Å². The minimum atomic E-state index is -1.07. The molecule has 0 saturated heterocycles. The zero-order chi connectivity index (χ0) is 21.7. The lowest BCUT2D eigenvalue weighted by molar-refractivity contribution is 0.00642. The van der Waals surface area contributed by atoms with Crippen molar-refractivity contribution in [3.8, 4) is 6.07 Å². The predicted octanol–water partition coefficient (Wildman–Crippen LogP) is 3.64. The highest BCUT2D eigenvalue weighted by Gasteiger charge is 2.28. The standard InChI is InChI=1S/C18H24ClFN4O4/c1-17(2,3)24-16(26)27-8-7-22-14-12(20)11(10(9-21)13(19)23-14)15(25)28-18(4,5)6/h7-8H2,1-6H3,(H,22,23)(H,24,26). The molecule has 1 rings (SSSR count). The summed E-state index contributed by atoms with van der Waals surface area (Å²) in [5, 5.41) is 14.0. The number of nitrogens with one attached hydrogen (secondary N) is 2. The van der Waals surface area contributed by atoms with Crippen molar-refractivity contribution >= 4 is 29.5 Å². The van der Waals surface area contributed by atoms with E-state index < -0.39 is 40.1 Å². The summed E-state index contributed by atoms with van der Waals surface area (Å²) in [6, 6.07) is 1.66. The van der Waals surface area contributed by atoms with Gasteiger partial charge in [0.05, 0.1) is 6.54 Å².